The molecule has 18 heavy (non-hydrogen) atoms. The highest BCUT2D eigenvalue weighted by atomic mass is 19.1. The van der Waals surface area contributed by atoms with Gasteiger partial charge in [0.2, 0.25) is 5.91 Å². The van der Waals surface area contributed by atoms with Crippen molar-refractivity contribution in [2.24, 2.45) is 5.92 Å². The standard InChI is InChI=1S/C15H18FNO/c1-10-2-7-14-13(8-9-17(14)15(10)18)11-3-5-12(16)6-4-11/h3-6,10,13-14H,2,7-9H2,1H3. The molecule has 2 saturated heterocycles. The smallest absolute Gasteiger partial charge is 0.225 e. The zero-order chi connectivity index (χ0) is 12.7. The molecule has 0 saturated carbocycles. The molecule has 96 valence electrons. The number of hydrogen-bond acceptors (Lipinski definition) is 1. The van der Waals surface area contributed by atoms with Crippen LogP contribution in [-0.2, 0) is 4.79 Å². The van der Waals surface area contributed by atoms with Gasteiger partial charge in [0.1, 0.15) is 5.82 Å². The second kappa shape index (κ2) is 4.38. The average Bonchev–Trinajstić information content (AvgIpc) is 2.79. The number of carbonyl (C=O) groups excluding carboxylic acids is 1. The fourth-order valence-corrected chi connectivity index (χ4v) is 3.41. The number of halogens is 1. The summed E-state index contributed by atoms with van der Waals surface area (Å²) < 4.78 is 13.0. The maximum atomic E-state index is 13.0. The molecular formula is C15H18FNO. The highest BCUT2D eigenvalue weighted by Crippen LogP contribution is 2.40. The third kappa shape index (κ3) is 1.82. The molecule has 3 atom stereocenters. The summed E-state index contributed by atoms with van der Waals surface area (Å²) in [6.45, 7) is 2.87. The maximum Gasteiger partial charge on any atom is 0.225 e. The van der Waals surface area contributed by atoms with Crippen LogP contribution in [0.2, 0.25) is 0 Å². The molecule has 2 heterocycles. The lowest BCUT2D eigenvalue weighted by Crippen LogP contribution is -2.44. The summed E-state index contributed by atoms with van der Waals surface area (Å²) in [6, 6.07) is 7.10. The normalized spacial score (nSPS) is 31.6. The second-order valence-electron chi connectivity index (χ2n) is 5.52. The molecule has 2 fully saturated rings. The first-order chi connectivity index (χ1) is 8.66. The van der Waals surface area contributed by atoms with Gasteiger partial charge in [-0.25, -0.2) is 4.39 Å². The van der Waals surface area contributed by atoms with Crippen LogP contribution in [0.25, 0.3) is 0 Å². The molecular weight excluding hydrogens is 229 g/mol. The molecule has 0 aliphatic carbocycles. The molecule has 2 nitrogen and oxygen atoms in total. The molecule has 0 bridgehead atoms. The van der Waals surface area contributed by atoms with Crippen molar-refractivity contribution >= 4 is 5.91 Å². The Bertz CT molecular complexity index is 456. The Kier molecular flexibility index (Phi) is 2.84. The van der Waals surface area contributed by atoms with E-state index in [1.807, 2.05) is 24.0 Å². The monoisotopic (exact) mass is 247 g/mol. The molecule has 3 unspecified atom stereocenters. The lowest BCUT2D eigenvalue weighted by Gasteiger charge is -2.35. The molecule has 3 heteroatoms. The van der Waals surface area contributed by atoms with Crippen LogP contribution in [0.15, 0.2) is 24.3 Å². The molecule has 2 aliphatic heterocycles. The Balaban J connectivity index is 1.84. The van der Waals surface area contributed by atoms with Crippen molar-refractivity contribution < 1.29 is 9.18 Å². The van der Waals surface area contributed by atoms with E-state index in [2.05, 4.69) is 0 Å². The van der Waals surface area contributed by atoms with Crippen LogP contribution in [-0.4, -0.2) is 23.4 Å². The van der Waals surface area contributed by atoms with Gasteiger partial charge in [0, 0.05) is 24.4 Å². The van der Waals surface area contributed by atoms with Crippen LogP contribution < -0.4 is 0 Å². The quantitative estimate of drug-likeness (QED) is 0.747. The van der Waals surface area contributed by atoms with Gasteiger partial charge in [-0.1, -0.05) is 19.1 Å². The van der Waals surface area contributed by atoms with Gasteiger partial charge in [-0.15, -0.1) is 0 Å². The number of rotatable bonds is 1. The molecule has 1 aromatic carbocycles. The predicted molar refractivity (Wildman–Crippen MR) is 67.7 cm³/mol. The minimum atomic E-state index is -0.193. The van der Waals surface area contributed by atoms with E-state index in [1.54, 1.807) is 0 Å². The molecule has 0 N–H and O–H groups in total. The molecule has 0 spiro atoms. The Morgan fingerprint density at radius 2 is 1.89 bits per heavy atom. The van der Waals surface area contributed by atoms with Gasteiger partial charge in [0.05, 0.1) is 0 Å². The Morgan fingerprint density at radius 1 is 1.17 bits per heavy atom. The fraction of sp³-hybridized carbons (Fsp3) is 0.533. The van der Waals surface area contributed by atoms with Gasteiger partial charge in [-0.2, -0.15) is 0 Å². The molecule has 1 aromatic rings. The second-order valence-corrected chi connectivity index (χ2v) is 5.52. The van der Waals surface area contributed by atoms with Crippen LogP contribution in [0.1, 0.15) is 37.7 Å². The van der Waals surface area contributed by atoms with Crippen molar-refractivity contribution in [3.05, 3.63) is 35.6 Å². The molecule has 3 rings (SSSR count). The summed E-state index contributed by atoms with van der Waals surface area (Å²) in [6.07, 6.45) is 3.07. The molecule has 0 radical (unpaired) electrons. The average molecular weight is 247 g/mol. The first-order valence-electron chi connectivity index (χ1n) is 6.73. The first kappa shape index (κ1) is 11.7. The lowest BCUT2D eigenvalue weighted by atomic mass is 9.85. The Hall–Kier alpha value is -1.38. The molecule has 2 aliphatic rings. The number of piperidine rings is 1. The highest BCUT2D eigenvalue weighted by Gasteiger charge is 2.42. The highest BCUT2D eigenvalue weighted by molar-refractivity contribution is 5.80. The fourth-order valence-electron chi connectivity index (χ4n) is 3.41. The zero-order valence-electron chi connectivity index (χ0n) is 10.6. The van der Waals surface area contributed by atoms with Crippen molar-refractivity contribution in [1.29, 1.82) is 0 Å². The summed E-state index contributed by atoms with van der Waals surface area (Å²) >= 11 is 0. The zero-order valence-corrected chi connectivity index (χ0v) is 10.6. The van der Waals surface area contributed by atoms with E-state index in [1.165, 1.54) is 17.7 Å². The van der Waals surface area contributed by atoms with Crippen LogP contribution >= 0.6 is 0 Å². The Morgan fingerprint density at radius 3 is 2.61 bits per heavy atom. The third-order valence-electron chi connectivity index (χ3n) is 4.44. The van der Waals surface area contributed by atoms with Crippen LogP contribution in [0.4, 0.5) is 4.39 Å². The van der Waals surface area contributed by atoms with Crippen molar-refractivity contribution in [2.45, 2.75) is 38.1 Å². The SMILES string of the molecule is CC1CCC2C(c3ccc(F)cc3)CCN2C1=O. The van der Waals surface area contributed by atoms with E-state index in [0.717, 1.165) is 25.8 Å². The summed E-state index contributed by atoms with van der Waals surface area (Å²) in [4.78, 5) is 14.1. The summed E-state index contributed by atoms with van der Waals surface area (Å²) in [7, 11) is 0. The van der Waals surface area contributed by atoms with Crippen molar-refractivity contribution in [2.75, 3.05) is 6.54 Å². The topological polar surface area (TPSA) is 20.3 Å². The van der Waals surface area contributed by atoms with Crippen molar-refractivity contribution in [3.63, 3.8) is 0 Å². The summed E-state index contributed by atoms with van der Waals surface area (Å²) in [5.41, 5.74) is 1.17. The van der Waals surface area contributed by atoms with Gasteiger partial charge >= 0.3 is 0 Å². The number of hydrogen-bond donors (Lipinski definition) is 0. The van der Waals surface area contributed by atoms with Crippen molar-refractivity contribution in [3.8, 4) is 0 Å². The minimum absolute atomic E-state index is 0.174. The van der Waals surface area contributed by atoms with E-state index in [-0.39, 0.29) is 11.7 Å². The lowest BCUT2D eigenvalue weighted by molar-refractivity contribution is -0.139. The summed E-state index contributed by atoms with van der Waals surface area (Å²) in [5.74, 6) is 0.674. The Labute approximate surface area is 107 Å². The van der Waals surface area contributed by atoms with Crippen molar-refractivity contribution in [1.82, 2.24) is 4.90 Å². The number of nitrogens with zero attached hydrogens (tertiary/aromatic N) is 1. The number of fused-ring (bicyclic) bond motifs is 1. The van der Waals surface area contributed by atoms with E-state index >= 15 is 0 Å². The van der Waals surface area contributed by atoms with Gasteiger partial charge < -0.3 is 4.90 Å². The first-order valence-corrected chi connectivity index (χ1v) is 6.73. The summed E-state index contributed by atoms with van der Waals surface area (Å²) in [5, 5.41) is 0. The van der Waals surface area contributed by atoms with Gasteiger partial charge in [-0.3, -0.25) is 4.79 Å². The van der Waals surface area contributed by atoms with E-state index < -0.39 is 0 Å². The molecule has 1 amide bonds. The number of carbonyl (C=O) groups is 1. The molecule has 0 aromatic heterocycles. The van der Waals surface area contributed by atoms with Crippen LogP contribution in [0, 0.1) is 11.7 Å². The number of amides is 1. The maximum absolute atomic E-state index is 13.0. The van der Waals surface area contributed by atoms with E-state index in [4.69, 9.17) is 0 Å². The van der Waals surface area contributed by atoms with Gasteiger partial charge in [-0.05, 0) is 37.0 Å². The van der Waals surface area contributed by atoms with E-state index in [9.17, 15) is 9.18 Å². The largest absolute Gasteiger partial charge is 0.339 e. The van der Waals surface area contributed by atoms with E-state index in [0.29, 0.717) is 17.9 Å². The third-order valence-corrected chi connectivity index (χ3v) is 4.44. The van der Waals surface area contributed by atoms with Gasteiger partial charge in [0.25, 0.3) is 0 Å². The van der Waals surface area contributed by atoms with Gasteiger partial charge in [0.15, 0.2) is 0 Å². The number of benzene rings is 1. The predicted octanol–water partition coefficient (Wildman–Crippen LogP) is 2.94. The van der Waals surface area contributed by atoms with Crippen LogP contribution in [0.5, 0.6) is 0 Å². The minimum Gasteiger partial charge on any atom is -0.339 e. The van der Waals surface area contributed by atoms with Crippen LogP contribution in [0.3, 0.4) is 0 Å².